The number of nitrogens with zero attached hydrogens (tertiary/aromatic N) is 2. The van der Waals surface area contributed by atoms with Crippen molar-refractivity contribution >= 4 is 0 Å². The van der Waals surface area contributed by atoms with Gasteiger partial charge in [0.1, 0.15) is 6.17 Å². The molecule has 0 bridgehead atoms. The van der Waals surface area contributed by atoms with Crippen LogP contribution < -0.4 is 0 Å². The van der Waals surface area contributed by atoms with Gasteiger partial charge in [0.05, 0.1) is 0 Å². The third-order valence-corrected chi connectivity index (χ3v) is 7.48. The Morgan fingerprint density at radius 1 is 0.500 bits per heavy atom. The van der Waals surface area contributed by atoms with Crippen LogP contribution in [0.3, 0.4) is 0 Å². The lowest BCUT2D eigenvalue weighted by Gasteiger charge is -2.33. The predicted molar refractivity (Wildman–Crippen MR) is 151 cm³/mol. The Kier molecular flexibility index (Phi) is 16.8. The molecule has 2 rings (SSSR count). The van der Waals surface area contributed by atoms with Gasteiger partial charge >= 0.3 is 0 Å². The fraction of sp³-hybridized carbons (Fsp3) is 0.750. The van der Waals surface area contributed by atoms with Crippen molar-refractivity contribution in [2.24, 2.45) is 0 Å². The number of unbranched alkanes of at least 4 members (excludes halogenated alkanes) is 16. The second-order valence-corrected chi connectivity index (χ2v) is 10.6. The Labute approximate surface area is 213 Å². The fourth-order valence-corrected chi connectivity index (χ4v) is 5.34. The van der Waals surface area contributed by atoms with Crippen molar-refractivity contribution in [2.45, 2.75) is 142 Å². The molecule has 1 aliphatic heterocycles. The zero-order valence-electron chi connectivity index (χ0n) is 22.9. The summed E-state index contributed by atoms with van der Waals surface area (Å²) in [6.45, 7) is 6.94. The number of rotatable bonds is 22. The van der Waals surface area contributed by atoms with E-state index in [2.05, 4.69) is 66.4 Å². The van der Waals surface area contributed by atoms with Gasteiger partial charge < -0.3 is 9.80 Å². The van der Waals surface area contributed by atoms with Gasteiger partial charge in [0.25, 0.3) is 0 Å². The average Bonchev–Trinajstić information content (AvgIpc) is 3.23. The van der Waals surface area contributed by atoms with Crippen LogP contribution in [-0.2, 0) is 6.42 Å². The minimum Gasteiger partial charge on any atom is -0.356 e. The normalized spacial score (nSPS) is 15.5. The van der Waals surface area contributed by atoms with Gasteiger partial charge in [-0.15, -0.1) is 0 Å². The van der Waals surface area contributed by atoms with E-state index in [0.717, 1.165) is 13.0 Å². The van der Waals surface area contributed by atoms with Gasteiger partial charge in [-0.2, -0.15) is 0 Å². The number of hydrogen-bond acceptors (Lipinski definition) is 2. The van der Waals surface area contributed by atoms with Gasteiger partial charge in [-0.3, -0.25) is 0 Å². The maximum Gasteiger partial charge on any atom is 0.105 e. The van der Waals surface area contributed by atoms with Crippen LogP contribution in [0.15, 0.2) is 42.7 Å². The summed E-state index contributed by atoms with van der Waals surface area (Å²) in [5, 5.41) is 0. The molecular formula is C32H56N2. The van der Waals surface area contributed by atoms with Gasteiger partial charge in [-0.25, -0.2) is 0 Å². The predicted octanol–water partition coefficient (Wildman–Crippen LogP) is 9.71. The highest BCUT2D eigenvalue weighted by atomic mass is 15.4. The molecule has 2 heteroatoms. The molecule has 1 aromatic carbocycles. The molecule has 0 radical (unpaired) electrons. The van der Waals surface area contributed by atoms with Crippen LogP contribution >= 0.6 is 0 Å². The highest BCUT2D eigenvalue weighted by Crippen LogP contribution is 2.22. The van der Waals surface area contributed by atoms with Crippen LogP contribution in [0.5, 0.6) is 0 Å². The summed E-state index contributed by atoms with van der Waals surface area (Å²) in [4.78, 5) is 5.13. The van der Waals surface area contributed by atoms with Crippen molar-refractivity contribution in [3.8, 4) is 0 Å². The molecule has 0 saturated carbocycles. The smallest absolute Gasteiger partial charge is 0.105 e. The zero-order chi connectivity index (χ0) is 24.1. The summed E-state index contributed by atoms with van der Waals surface area (Å²) in [6, 6.07) is 11.0. The highest BCUT2D eigenvalue weighted by molar-refractivity contribution is 5.17. The van der Waals surface area contributed by atoms with Crippen molar-refractivity contribution in [1.29, 1.82) is 0 Å². The molecule has 1 aliphatic rings. The van der Waals surface area contributed by atoms with E-state index in [0.29, 0.717) is 6.17 Å². The Balaban J connectivity index is 1.43. The van der Waals surface area contributed by atoms with Gasteiger partial charge in [-0.1, -0.05) is 147 Å². The molecule has 1 unspecified atom stereocenters. The van der Waals surface area contributed by atoms with E-state index >= 15 is 0 Å². The van der Waals surface area contributed by atoms with Gasteiger partial charge in [0.15, 0.2) is 0 Å². The van der Waals surface area contributed by atoms with Crippen molar-refractivity contribution in [2.75, 3.05) is 13.1 Å². The van der Waals surface area contributed by atoms with Crippen molar-refractivity contribution < 1.29 is 0 Å². The summed E-state index contributed by atoms with van der Waals surface area (Å²) in [6.07, 6.45) is 32.0. The summed E-state index contributed by atoms with van der Waals surface area (Å²) >= 11 is 0. The van der Waals surface area contributed by atoms with E-state index in [4.69, 9.17) is 0 Å². The molecule has 0 aliphatic carbocycles. The van der Waals surface area contributed by atoms with E-state index in [9.17, 15) is 0 Å². The molecule has 0 amide bonds. The molecule has 0 spiro atoms. The van der Waals surface area contributed by atoms with Crippen LogP contribution in [0.1, 0.15) is 135 Å². The molecule has 1 atom stereocenters. The molecule has 0 fully saturated rings. The molecular weight excluding hydrogens is 412 g/mol. The largest absolute Gasteiger partial charge is 0.356 e. The Hall–Kier alpha value is -1.44. The monoisotopic (exact) mass is 468 g/mol. The minimum absolute atomic E-state index is 0.503. The van der Waals surface area contributed by atoms with E-state index in [-0.39, 0.29) is 0 Å². The van der Waals surface area contributed by atoms with Crippen LogP contribution in [0.2, 0.25) is 0 Å². The first-order valence-electron chi connectivity index (χ1n) is 15.1. The lowest BCUT2D eigenvalue weighted by Crippen LogP contribution is -2.41. The first-order chi connectivity index (χ1) is 16.8. The molecule has 0 N–H and O–H groups in total. The average molecular weight is 469 g/mol. The Bertz CT molecular complexity index is 596. The highest BCUT2D eigenvalue weighted by Gasteiger charge is 2.25. The fourth-order valence-electron chi connectivity index (χ4n) is 5.34. The third kappa shape index (κ3) is 12.9. The van der Waals surface area contributed by atoms with Gasteiger partial charge in [-0.05, 0) is 18.4 Å². The summed E-state index contributed by atoms with van der Waals surface area (Å²) in [7, 11) is 0. The summed E-state index contributed by atoms with van der Waals surface area (Å²) < 4.78 is 0. The quantitative estimate of drug-likeness (QED) is 0.156. The summed E-state index contributed by atoms with van der Waals surface area (Å²) in [5.74, 6) is 0. The van der Waals surface area contributed by atoms with Crippen molar-refractivity contribution in [3.05, 3.63) is 48.3 Å². The first-order valence-corrected chi connectivity index (χ1v) is 15.1. The number of benzene rings is 1. The maximum absolute atomic E-state index is 2.59. The SMILES string of the molecule is CCCCCCCCCCCCCCCCCCCN1C=CN(CCC)C1Cc1ccccc1. The van der Waals surface area contributed by atoms with Crippen LogP contribution in [-0.4, -0.2) is 29.1 Å². The van der Waals surface area contributed by atoms with Gasteiger partial charge in [0.2, 0.25) is 0 Å². The van der Waals surface area contributed by atoms with E-state index < -0.39 is 0 Å². The zero-order valence-corrected chi connectivity index (χ0v) is 22.9. The number of hydrogen-bond donors (Lipinski definition) is 0. The lowest BCUT2D eigenvalue weighted by molar-refractivity contribution is 0.150. The lowest BCUT2D eigenvalue weighted by atomic mass is 10.0. The Morgan fingerprint density at radius 3 is 1.41 bits per heavy atom. The molecule has 0 aromatic heterocycles. The van der Waals surface area contributed by atoms with Crippen LogP contribution in [0.25, 0.3) is 0 Å². The van der Waals surface area contributed by atoms with Crippen LogP contribution in [0.4, 0.5) is 0 Å². The molecule has 1 heterocycles. The minimum atomic E-state index is 0.503. The second-order valence-electron chi connectivity index (χ2n) is 10.6. The molecule has 194 valence electrons. The molecule has 2 nitrogen and oxygen atoms in total. The van der Waals surface area contributed by atoms with E-state index in [1.165, 1.54) is 128 Å². The van der Waals surface area contributed by atoms with E-state index in [1.807, 2.05) is 0 Å². The van der Waals surface area contributed by atoms with E-state index in [1.54, 1.807) is 0 Å². The van der Waals surface area contributed by atoms with Crippen LogP contribution in [0, 0.1) is 0 Å². The topological polar surface area (TPSA) is 6.48 Å². The second kappa shape index (κ2) is 19.8. The third-order valence-electron chi connectivity index (χ3n) is 7.48. The molecule has 1 aromatic rings. The summed E-state index contributed by atoms with van der Waals surface area (Å²) in [5.41, 5.74) is 1.45. The van der Waals surface area contributed by atoms with Gasteiger partial charge in [0, 0.05) is 31.9 Å². The molecule has 0 saturated heterocycles. The molecule has 34 heavy (non-hydrogen) atoms. The standard InChI is InChI=1S/C32H56N2/c1-3-5-6-7-8-9-10-11-12-13-14-15-16-17-18-19-23-27-34-29-28-33(26-4-2)32(34)30-31-24-21-20-22-25-31/h20-22,24-25,28-29,32H,3-19,23,26-27,30H2,1-2H3. The van der Waals surface area contributed by atoms with Crippen molar-refractivity contribution in [3.63, 3.8) is 0 Å². The first kappa shape index (κ1) is 28.8. The maximum atomic E-state index is 2.59. The van der Waals surface area contributed by atoms with Crippen molar-refractivity contribution in [1.82, 2.24) is 9.80 Å². The Morgan fingerprint density at radius 2 is 0.941 bits per heavy atom.